The summed E-state index contributed by atoms with van der Waals surface area (Å²) in [7, 11) is 3.10. The van der Waals surface area contributed by atoms with Crippen LogP contribution in [0.4, 0.5) is 0 Å². The number of esters is 1. The molecule has 48 heavy (non-hydrogen) atoms. The number of hydrogen-bond donors (Lipinski definition) is 0. The fraction of sp³-hybridized carbons (Fsp3) is 0.278. The molecule has 10 nitrogen and oxygen atoms in total. The summed E-state index contributed by atoms with van der Waals surface area (Å²) in [4.78, 5) is 32.7. The number of carbonyl (C=O) groups excluding carboxylic acids is 1. The second-order valence-corrected chi connectivity index (χ2v) is 13.2. The van der Waals surface area contributed by atoms with Gasteiger partial charge in [0.05, 0.1) is 64.0 Å². The van der Waals surface area contributed by atoms with E-state index in [9.17, 15) is 9.59 Å². The maximum absolute atomic E-state index is 14.2. The topological polar surface area (TPSA) is 121 Å². The molecule has 1 aliphatic rings. The lowest BCUT2D eigenvalue weighted by Gasteiger charge is -2.25. The molecule has 1 aliphatic heterocycles. The third-order valence-electron chi connectivity index (χ3n) is 7.40. The van der Waals surface area contributed by atoms with Crippen LogP contribution in [0.25, 0.3) is 6.08 Å². The van der Waals surface area contributed by atoms with Crippen LogP contribution in [0.15, 0.2) is 75.7 Å². The molecule has 0 radical (unpaired) electrons. The van der Waals surface area contributed by atoms with Crippen LogP contribution in [0, 0.1) is 14.9 Å². The molecule has 0 N–H and O–H groups in total. The lowest BCUT2D eigenvalue weighted by molar-refractivity contribution is -0.139. The number of halogens is 1. The minimum atomic E-state index is -0.808. The average Bonchev–Trinajstić information content (AvgIpc) is 3.37. The summed E-state index contributed by atoms with van der Waals surface area (Å²) in [6.07, 6.45) is 1.70. The summed E-state index contributed by atoms with van der Waals surface area (Å²) >= 11 is 3.41. The van der Waals surface area contributed by atoms with Gasteiger partial charge < -0.3 is 23.7 Å². The molecule has 1 atom stereocenters. The molecule has 0 unspecified atom stereocenters. The van der Waals surface area contributed by atoms with Crippen molar-refractivity contribution in [2.75, 3.05) is 20.8 Å². The van der Waals surface area contributed by atoms with Gasteiger partial charge in [0.15, 0.2) is 27.8 Å². The number of carbonyl (C=O) groups is 1. The highest BCUT2D eigenvalue weighted by Gasteiger charge is 2.34. The highest BCUT2D eigenvalue weighted by molar-refractivity contribution is 14.1. The number of ether oxygens (including phenoxy) is 5. The molecule has 4 aromatic rings. The summed E-state index contributed by atoms with van der Waals surface area (Å²) in [5.41, 5.74) is 3.28. The SMILES string of the molecule is CCOC(=O)C1=C(C)N=c2s/c(=C/c3cc(I)c(OCc4ccc(C#N)cc4)c(OC)c3)c(=O)n2[C@@H]1c1ccc(OC(C)C)c(OC)c1. The molecule has 0 spiro atoms. The first-order chi connectivity index (χ1) is 23.1. The van der Waals surface area contributed by atoms with Crippen molar-refractivity contribution >= 4 is 46.0 Å². The van der Waals surface area contributed by atoms with E-state index in [1.807, 2.05) is 38.1 Å². The standard InChI is InChI=1S/C36H34IN3O7S/c1-7-45-35(42)31-21(4)39-36-40(32(31)25-12-13-27(47-20(2)3)28(17-25)43-5)34(41)30(48-36)16-24-14-26(37)33(29(15-24)44-6)46-19-23-10-8-22(18-38)9-11-23/h8-17,20,32H,7,19H2,1-6H3/b30-16+/t32-/m1/s1. The number of fused-ring (bicyclic) bond motifs is 1. The second-order valence-electron chi connectivity index (χ2n) is 11.0. The maximum Gasteiger partial charge on any atom is 0.338 e. The Bertz CT molecular complexity index is 2110. The predicted octanol–water partition coefficient (Wildman–Crippen LogP) is 5.66. The van der Waals surface area contributed by atoms with Crippen LogP contribution in [-0.4, -0.2) is 37.5 Å². The Hall–Kier alpha value is -4.61. The van der Waals surface area contributed by atoms with E-state index in [4.69, 9.17) is 28.9 Å². The zero-order chi connectivity index (χ0) is 34.5. The molecule has 3 aromatic carbocycles. The Morgan fingerprint density at radius 3 is 2.46 bits per heavy atom. The van der Waals surface area contributed by atoms with E-state index in [0.717, 1.165) is 14.7 Å². The number of aromatic nitrogens is 1. The molecule has 0 saturated carbocycles. The molecule has 5 rings (SSSR count). The maximum atomic E-state index is 14.2. The van der Waals surface area contributed by atoms with E-state index in [-0.39, 0.29) is 30.5 Å². The fourth-order valence-electron chi connectivity index (χ4n) is 5.26. The zero-order valence-corrected chi connectivity index (χ0v) is 30.3. The van der Waals surface area contributed by atoms with E-state index in [0.29, 0.717) is 49.2 Å². The number of benzene rings is 3. The Balaban J connectivity index is 1.58. The van der Waals surface area contributed by atoms with Gasteiger partial charge in [-0.3, -0.25) is 9.36 Å². The first-order valence-corrected chi connectivity index (χ1v) is 17.0. The Kier molecular flexibility index (Phi) is 10.9. The summed E-state index contributed by atoms with van der Waals surface area (Å²) in [5.74, 6) is 1.55. The number of nitriles is 1. The molecule has 0 saturated heterocycles. The minimum absolute atomic E-state index is 0.0792. The predicted molar refractivity (Wildman–Crippen MR) is 190 cm³/mol. The molecular formula is C36H34IN3O7S. The normalized spacial score (nSPS) is 14.2. The third-order valence-corrected chi connectivity index (χ3v) is 9.18. The number of nitrogens with zero attached hydrogens (tertiary/aromatic N) is 3. The lowest BCUT2D eigenvalue weighted by Crippen LogP contribution is -2.40. The van der Waals surface area contributed by atoms with Crippen LogP contribution in [0.1, 0.15) is 56.0 Å². The van der Waals surface area contributed by atoms with E-state index < -0.39 is 12.0 Å². The van der Waals surface area contributed by atoms with Crippen LogP contribution < -0.4 is 33.8 Å². The summed E-state index contributed by atoms with van der Waals surface area (Å²) < 4.78 is 31.5. The first-order valence-electron chi connectivity index (χ1n) is 15.1. The van der Waals surface area contributed by atoms with Gasteiger partial charge in [-0.05, 0) is 109 Å². The van der Waals surface area contributed by atoms with Gasteiger partial charge in [-0.15, -0.1) is 0 Å². The van der Waals surface area contributed by atoms with Gasteiger partial charge in [-0.1, -0.05) is 29.5 Å². The molecule has 1 aromatic heterocycles. The van der Waals surface area contributed by atoms with Crippen molar-refractivity contribution in [3.63, 3.8) is 0 Å². The third kappa shape index (κ3) is 7.27. The van der Waals surface area contributed by atoms with Crippen LogP contribution >= 0.6 is 33.9 Å². The number of hydrogen-bond acceptors (Lipinski definition) is 10. The van der Waals surface area contributed by atoms with Crippen molar-refractivity contribution in [1.29, 1.82) is 5.26 Å². The number of allylic oxidation sites excluding steroid dienone is 1. The molecule has 0 amide bonds. The van der Waals surface area contributed by atoms with Crippen molar-refractivity contribution in [2.45, 2.75) is 46.4 Å². The number of rotatable bonds is 11. The molecule has 0 bridgehead atoms. The molecule has 2 heterocycles. The number of thiazole rings is 1. The zero-order valence-electron chi connectivity index (χ0n) is 27.3. The monoisotopic (exact) mass is 779 g/mol. The van der Waals surface area contributed by atoms with Gasteiger partial charge in [0.1, 0.15) is 6.61 Å². The van der Waals surface area contributed by atoms with Gasteiger partial charge in [-0.25, -0.2) is 9.79 Å². The van der Waals surface area contributed by atoms with Crippen LogP contribution in [0.5, 0.6) is 23.0 Å². The van der Waals surface area contributed by atoms with E-state index in [2.05, 4.69) is 33.7 Å². The highest BCUT2D eigenvalue weighted by atomic mass is 127. The van der Waals surface area contributed by atoms with Gasteiger partial charge in [0.25, 0.3) is 5.56 Å². The Morgan fingerprint density at radius 1 is 1.08 bits per heavy atom. The highest BCUT2D eigenvalue weighted by Crippen LogP contribution is 2.37. The van der Waals surface area contributed by atoms with Crippen LogP contribution in [0.3, 0.4) is 0 Å². The summed E-state index contributed by atoms with van der Waals surface area (Å²) in [6.45, 7) is 7.78. The lowest BCUT2D eigenvalue weighted by atomic mass is 9.95. The molecular weight excluding hydrogens is 745 g/mol. The first kappa shape index (κ1) is 34.7. The molecule has 0 aliphatic carbocycles. The van der Waals surface area contributed by atoms with Crippen LogP contribution in [-0.2, 0) is 16.1 Å². The fourth-order valence-corrected chi connectivity index (χ4v) is 7.09. The van der Waals surface area contributed by atoms with Crippen molar-refractivity contribution in [2.24, 2.45) is 4.99 Å². The minimum Gasteiger partial charge on any atom is -0.493 e. The molecule has 248 valence electrons. The smallest absolute Gasteiger partial charge is 0.338 e. The van der Waals surface area contributed by atoms with E-state index in [1.54, 1.807) is 64.5 Å². The van der Waals surface area contributed by atoms with Crippen molar-refractivity contribution in [1.82, 2.24) is 4.57 Å². The average molecular weight is 780 g/mol. The van der Waals surface area contributed by atoms with Crippen molar-refractivity contribution in [3.05, 3.63) is 111 Å². The summed E-state index contributed by atoms with van der Waals surface area (Å²) in [6, 6.07) is 17.6. The summed E-state index contributed by atoms with van der Waals surface area (Å²) in [5, 5.41) is 9.06. The van der Waals surface area contributed by atoms with Gasteiger partial charge in [0.2, 0.25) is 0 Å². The Morgan fingerprint density at radius 2 is 1.81 bits per heavy atom. The van der Waals surface area contributed by atoms with E-state index in [1.165, 1.54) is 15.9 Å². The Labute approximate surface area is 295 Å². The molecule has 0 fully saturated rings. The molecule has 12 heteroatoms. The van der Waals surface area contributed by atoms with Crippen molar-refractivity contribution < 1.29 is 28.5 Å². The van der Waals surface area contributed by atoms with Crippen LogP contribution in [0.2, 0.25) is 0 Å². The van der Waals surface area contributed by atoms with Crippen molar-refractivity contribution in [3.8, 4) is 29.1 Å². The largest absolute Gasteiger partial charge is 0.493 e. The quantitative estimate of drug-likeness (QED) is 0.141. The van der Waals surface area contributed by atoms with E-state index >= 15 is 0 Å². The van der Waals surface area contributed by atoms with Gasteiger partial charge in [-0.2, -0.15) is 5.26 Å². The van der Waals surface area contributed by atoms with Gasteiger partial charge >= 0.3 is 5.97 Å². The second kappa shape index (κ2) is 15.1. The van der Waals surface area contributed by atoms with Gasteiger partial charge in [0, 0.05) is 0 Å². The number of methoxy groups -OCH3 is 2.